The maximum absolute atomic E-state index is 9.12. The Kier molecular flexibility index (Phi) is 6.05. The van der Waals surface area contributed by atoms with Crippen LogP contribution in [0.2, 0.25) is 0 Å². The van der Waals surface area contributed by atoms with Gasteiger partial charge in [-0.15, -0.1) is 10.2 Å². The van der Waals surface area contributed by atoms with E-state index in [-0.39, 0.29) is 18.6 Å². The molecule has 0 radical (unpaired) electrons. The summed E-state index contributed by atoms with van der Waals surface area (Å²) in [6, 6.07) is 27.0. The summed E-state index contributed by atoms with van der Waals surface area (Å²) in [5.41, 5.74) is 13.0. The molecule has 3 aromatic heterocycles. The zero-order valence-corrected chi connectivity index (χ0v) is 20.9. The molecule has 0 amide bonds. The fraction of sp³-hybridized carbons (Fsp3) is 0.233. The molecule has 0 bridgehead atoms. The Morgan fingerprint density at radius 2 is 1.66 bits per heavy atom. The lowest BCUT2D eigenvalue weighted by Crippen LogP contribution is -2.43. The molecule has 0 aliphatic heterocycles. The third kappa shape index (κ3) is 4.16. The van der Waals surface area contributed by atoms with Crippen molar-refractivity contribution in [1.29, 1.82) is 10.5 Å². The van der Waals surface area contributed by atoms with E-state index >= 15 is 0 Å². The van der Waals surface area contributed by atoms with E-state index in [0.29, 0.717) is 18.0 Å². The van der Waals surface area contributed by atoms with Crippen molar-refractivity contribution in [1.82, 2.24) is 24.5 Å². The molecule has 1 fully saturated rings. The number of rotatable bonds is 7. The zero-order valence-electron chi connectivity index (χ0n) is 20.9. The third-order valence-corrected chi connectivity index (χ3v) is 7.46. The molecule has 2 N–H and O–H groups in total. The monoisotopic (exact) mass is 498 g/mol. The van der Waals surface area contributed by atoms with Crippen LogP contribution in [0.25, 0.3) is 38.9 Å². The average Bonchev–Trinajstić information content (AvgIpc) is 3.35. The van der Waals surface area contributed by atoms with E-state index in [2.05, 4.69) is 64.8 Å². The maximum Gasteiger partial charge on any atom is 0.170 e. The molecule has 38 heavy (non-hydrogen) atoms. The van der Waals surface area contributed by atoms with Crippen LogP contribution in [-0.4, -0.2) is 37.6 Å². The Bertz CT molecular complexity index is 1690. The summed E-state index contributed by atoms with van der Waals surface area (Å²) < 4.78 is 1.91. The Morgan fingerprint density at radius 3 is 2.32 bits per heavy atom. The minimum absolute atomic E-state index is 0.142. The van der Waals surface area contributed by atoms with E-state index in [1.165, 1.54) is 12.0 Å². The second kappa shape index (κ2) is 9.68. The first-order valence-corrected chi connectivity index (χ1v) is 12.7. The largest absolute Gasteiger partial charge is 0.321 e. The highest BCUT2D eigenvalue weighted by atomic mass is 15.3. The number of nitrogens with zero attached hydrogens (tertiary/aromatic N) is 7. The Hall–Kier alpha value is -4.63. The average molecular weight is 499 g/mol. The number of benzene rings is 2. The van der Waals surface area contributed by atoms with Gasteiger partial charge < -0.3 is 5.73 Å². The predicted molar refractivity (Wildman–Crippen MR) is 145 cm³/mol. The highest BCUT2D eigenvalue weighted by molar-refractivity contribution is 5.98. The summed E-state index contributed by atoms with van der Waals surface area (Å²) in [5.74, 6) is 0.667. The van der Waals surface area contributed by atoms with Crippen LogP contribution >= 0.6 is 0 Å². The molecule has 8 nitrogen and oxygen atoms in total. The van der Waals surface area contributed by atoms with Crippen LogP contribution in [0.3, 0.4) is 0 Å². The molecule has 1 aliphatic carbocycles. The first-order valence-electron chi connectivity index (χ1n) is 12.7. The number of nitriles is 2. The van der Waals surface area contributed by atoms with Crippen LogP contribution in [0, 0.1) is 22.7 Å². The number of hydrogen-bond donors (Lipinski definition) is 1. The summed E-state index contributed by atoms with van der Waals surface area (Å²) in [5, 5.41) is 28.0. The van der Waals surface area contributed by atoms with Crippen LogP contribution < -0.4 is 5.73 Å². The molecule has 1 saturated carbocycles. The normalized spacial score (nSPS) is 14.3. The van der Waals surface area contributed by atoms with Gasteiger partial charge in [-0.3, -0.25) is 9.30 Å². The topological polar surface area (TPSA) is 120 Å². The molecule has 0 saturated heterocycles. The Morgan fingerprint density at radius 1 is 0.921 bits per heavy atom. The molecule has 5 aromatic rings. The van der Waals surface area contributed by atoms with Gasteiger partial charge in [0.05, 0.1) is 43.0 Å². The summed E-state index contributed by atoms with van der Waals surface area (Å²) in [7, 11) is 0. The van der Waals surface area contributed by atoms with Crippen molar-refractivity contribution in [2.75, 3.05) is 13.1 Å². The van der Waals surface area contributed by atoms with Gasteiger partial charge in [-0.05, 0) is 42.5 Å². The van der Waals surface area contributed by atoms with Crippen LogP contribution in [-0.2, 0) is 12.1 Å². The van der Waals surface area contributed by atoms with Crippen molar-refractivity contribution < 1.29 is 0 Å². The molecule has 6 rings (SSSR count). The molecule has 2 aromatic carbocycles. The lowest BCUT2D eigenvalue weighted by molar-refractivity contribution is 0.253. The highest BCUT2D eigenvalue weighted by Gasteiger charge is 2.34. The lowest BCUT2D eigenvalue weighted by Gasteiger charge is -2.38. The van der Waals surface area contributed by atoms with E-state index < -0.39 is 0 Å². The fourth-order valence-electron chi connectivity index (χ4n) is 5.18. The lowest BCUT2D eigenvalue weighted by atomic mass is 9.72. The number of fused-ring (bicyclic) bond motifs is 3. The molecule has 3 heterocycles. The minimum atomic E-state index is -0.204. The molecular weight excluding hydrogens is 472 g/mol. The quantitative estimate of drug-likeness (QED) is 0.320. The summed E-state index contributed by atoms with van der Waals surface area (Å²) >= 11 is 0. The van der Waals surface area contributed by atoms with Crippen LogP contribution in [0.4, 0.5) is 0 Å². The maximum atomic E-state index is 9.12. The molecule has 186 valence electrons. The van der Waals surface area contributed by atoms with Crippen LogP contribution in [0.5, 0.6) is 0 Å². The highest BCUT2D eigenvalue weighted by Crippen LogP contribution is 2.40. The smallest absolute Gasteiger partial charge is 0.170 e. The van der Waals surface area contributed by atoms with E-state index in [1.807, 2.05) is 34.9 Å². The molecule has 8 heteroatoms. The van der Waals surface area contributed by atoms with Crippen molar-refractivity contribution in [2.45, 2.75) is 31.3 Å². The van der Waals surface area contributed by atoms with E-state index in [0.717, 1.165) is 46.1 Å². The van der Waals surface area contributed by atoms with Crippen molar-refractivity contribution in [3.05, 3.63) is 84.3 Å². The molecule has 0 spiro atoms. The van der Waals surface area contributed by atoms with E-state index in [9.17, 15) is 0 Å². The fourth-order valence-corrected chi connectivity index (χ4v) is 5.18. The van der Waals surface area contributed by atoms with Crippen molar-refractivity contribution in [2.24, 2.45) is 5.73 Å². The van der Waals surface area contributed by atoms with Gasteiger partial charge in [0, 0.05) is 28.2 Å². The second-order valence-corrected chi connectivity index (χ2v) is 9.86. The minimum Gasteiger partial charge on any atom is -0.321 e. The number of nitrogens with two attached hydrogens (primary N) is 1. The van der Waals surface area contributed by atoms with Gasteiger partial charge >= 0.3 is 0 Å². The van der Waals surface area contributed by atoms with Gasteiger partial charge in [-0.1, -0.05) is 54.6 Å². The first kappa shape index (κ1) is 23.7. The summed E-state index contributed by atoms with van der Waals surface area (Å²) in [4.78, 5) is 6.85. The number of aromatic nitrogens is 4. The third-order valence-electron chi connectivity index (χ3n) is 7.46. The SMILES string of the molecule is N#CCN(CC#N)Cc1nnc2c3cc(-c4ccccc4)c(-c4ccc(C5(N)CCC5)cc4)nc3ccn12. The first-order chi connectivity index (χ1) is 18.6. The molecule has 1 aliphatic rings. The van der Waals surface area contributed by atoms with E-state index in [4.69, 9.17) is 21.2 Å². The molecule has 0 atom stereocenters. The summed E-state index contributed by atoms with van der Waals surface area (Å²) in [6.45, 7) is 0.631. The van der Waals surface area contributed by atoms with Gasteiger partial charge in [0.15, 0.2) is 11.5 Å². The van der Waals surface area contributed by atoms with Gasteiger partial charge in [-0.25, -0.2) is 4.98 Å². The van der Waals surface area contributed by atoms with Gasteiger partial charge in [-0.2, -0.15) is 10.5 Å². The summed E-state index contributed by atoms with van der Waals surface area (Å²) in [6.07, 6.45) is 5.13. The van der Waals surface area contributed by atoms with E-state index in [1.54, 1.807) is 4.90 Å². The standard InChI is InChI=1S/C30H26N8/c31-14-17-37(18-15-32)20-27-35-36-29-25-19-24(21-5-2-1-3-6-21)28(34-26(25)11-16-38(27)29)22-7-9-23(10-8-22)30(33)12-4-13-30/h1-3,5-11,16,19H,4,12-13,17-18,20,33H2. The van der Waals surface area contributed by atoms with Crippen molar-refractivity contribution >= 4 is 16.6 Å². The number of pyridine rings is 2. The number of hydrogen-bond acceptors (Lipinski definition) is 7. The predicted octanol–water partition coefficient (Wildman–Crippen LogP) is 4.80. The van der Waals surface area contributed by atoms with Crippen molar-refractivity contribution in [3.8, 4) is 34.5 Å². The molecule has 0 unspecified atom stereocenters. The second-order valence-electron chi connectivity index (χ2n) is 9.86. The van der Waals surface area contributed by atoms with Crippen LogP contribution in [0.15, 0.2) is 72.9 Å². The van der Waals surface area contributed by atoms with Gasteiger partial charge in [0.1, 0.15) is 0 Å². The Labute approximate surface area is 220 Å². The Balaban J connectivity index is 1.47. The van der Waals surface area contributed by atoms with Gasteiger partial charge in [0.2, 0.25) is 0 Å². The van der Waals surface area contributed by atoms with Gasteiger partial charge in [0.25, 0.3) is 0 Å². The van der Waals surface area contributed by atoms with Crippen molar-refractivity contribution in [3.63, 3.8) is 0 Å². The molecular formula is C30H26N8. The van der Waals surface area contributed by atoms with Crippen LogP contribution in [0.1, 0.15) is 30.7 Å². The zero-order chi connectivity index (χ0) is 26.1.